The van der Waals surface area contributed by atoms with Gasteiger partial charge in [-0.2, -0.15) is 0 Å². The number of benzene rings is 1. The number of rotatable bonds is 5. The molecule has 2 aromatic rings. The molecule has 0 bridgehead atoms. The molecule has 2 heterocycles. The van der Waals surface area contributed by atoms with Crippen molar-refractivity contribution < 1.29 is 9.18 Å². The van der Waals surface area contributed by atoms with Gasteiger partial charge in [0.25, 0.3) is 0 Å². The number of carbonyl (C=O) groups is 1. The number of hydrogen-bond acceptors (Lipinski definition) is 6. The lowest BCUT2D eigenvalue weighted by atomic mass is 9.98. The number of halogens is 1. The minimum Gasteiger partial charge on any atom is -0.337 e. The van der Waals surface area contributed by atoms with E-state index in [1.165, 1.54) is 35.6 Å². The summed E-state index contributed by atoms with van der Waals surface area (Å²) in [4.78, 5) is 14.5. The third kappa shape index (κ3) is 4.49. The van der Waals surface area contributed by atoms with E-state index in [-0.39, 0.29) is 11.7 Å². The standard InChI is InChI=1S/C17H21FN4OS2/c1-11-6-5-7-12(2)22(11)15(23)10-24-17-21-20-16(25-17)19-14-9-4-3-8-13(14)18/h3-4,8-9,11-12H,5-7,10H2,1-2H3,(H,19,20)/t11-,12-/m1/s1. The van der Waals surface area contributed by atoms with Crippen molar-refractivity contribution in [2.75, 3.05) is 11.1 Å². The van der Waals surface area contributed by atoms with E-state index in [9.17, 15) is 9.18 Å². The summed E-state index contributed by atoms with van der Waals surface area (Å²) < 4.78 is 14.4. The molecular weight excluding hydrogens is 359 g/mol. The Balaban J connectivity index is 1.56. The molecule has 1 amide bonds. The Morgan fingerprint density at radius 3 is 2.76 bits per heavy atom. The highest BCUT2D eigenvalue weighted by molar-refractivity contribution is 8.01. The van der Waals surface area contributed by atoms with Crippen LogP contribution in [0.1, 0.15) is 33.1 Å². The summed E-state index contributed by atoms with van der Waals surface area (Å²) in [6.07, 6.45) is 3.31. The number of carbonyl (C=O) groups excluding carboxylic acids is 1. The van der Waals surface area contributed by atoms with Gasteiger partial charge in [0.15, 0.2) is 4.34 Å². The van der Waals surface area contributed by atoms with Gasteiger partial charge in [-0.05, 0) is 45.2 Å². The van der Waals surface area contributed by atoms with Gasteiger partial charge in [-0.15, -0.1) is 10.2 Å². The van der Waals surface area contributed by atoms with Crippen molar-refractivity contribution in [1.29, 1.82) is 0 Å². The zero-order valence-corrected chi connectivity index (χ0v) is 15.9. The lowest BCUT2D eigenvalue weighted by molar-refractivity contribution is -0.134. The van der Waals surface area contributed by atoms with Gasteiger partial charge < -0.3 is 10.2 Å². The third-order valence-corrected chi connectivity index (χ3v) is 6.28. The molecular formula is C17H21FN4OS2. The number of amides is 1. The summed E-state index contributed by atoms with van der Waals surface area (Å²) in [7, 11) is 0. The molecule has 134 valence electrons. The lowest BCUT2D eigenvalue weighted by Crippen LogP contribution is -2.48. The van der Waals surface area contributed by atoms with Gasteiger partial charge in [-0.25, -0.2) is 4.39 Å². The van der Waals surface area contributed by atoms with Gasteiger partial charge in [-0.3, -0.25) is 4.79 Å². The Bertz CT molecular complexity index is 729. The number of anilines is 2. The Morgan fingerprint density at radius 2 is 2.04 bits per heavy atom. The number of nitrogens with zero attached hydrogens (tertiary/aromatic N) is 3. The zero-order valence-electron chi connectivity index (χ0n) is 14.2. The highest BCUT2D eigenvalue weighted by atomic mass is 32.2. The molecule has 0 spiro atoms. The van der Waals surface area contributed by atoms with E-state index in [0.29, 0.717) is 33.0 Å². The fourth-order valence-corrected chi connectivity index (χ4v) is 4.74. The molecule has 0 unspecified atom stereocenters. The van der Waals surface area contributed by atoms with E-state index < -0.39 is 0 Å². The van der Waals surface area contributed by atoms with Gasteiger partial charge in [-0.1, -0.05) is 35.2 Å². The van der Waals surface area contributed by atoms with Crippen LogP contribution in [0.5, 0.6) is 0 Å². The van der Waals surface area contributed by atoms with E-state index in [1.54, 1.807) is 18.2 Å². The largest absolute Gasteiger partial charge is 0.337 e. The molecule has 2 atom stereocenters. The van der Waals surface area contributed by atoms with Gasteiger partial charge >= 0.3 is 0 Å². The zero-order chi connectivity index (χ0) is 17.8. The van der Waals surface area contributed by atoms with E-state index in [1.807, 2.05) is 4.90 Å². The molecule has 0 saturated carbocycles. The number of nitrogens with one attached hydrogen (secondary N) is 1. The summed E-state index contributed by atoms with van der Waals surface area (Å²) in [6.45, 7) is 4.22. The van der Waals surface area contributed by atoms with Crippen molar-refractivity contribution in [3.8, 4) is 0 Å². The summed E-state index contributed by atoms with van der Waals surface area (Å²) in [5, 5.41) is 11.5. The first kappa shape index (κ1) is 18.1. The maximum atomic E-state index is 13.7. The monoisotopic (exact) mass is 380 g/mol. The smallest absolute Gasteiger partial charge is 0.233 e. The molecule has 1 saturated heterocycles. The predicted molar refractivity (Wildman–Crippen MR) is 99.9 cm³/mol. The molecule has 1 aliphatic heterocycles. The Kier molecular flexibility index (Phi) is 5.90. The molecule has 1 N–H and O–H groups in total. The molecule has 0 radical (unpaired) electrons. The van der Waals surface area contributed by atoms with Crippen LogP contribution < -0.4 is 5.32 Å². The molecule has 3 rings (SSSR count). The van der Waals surface area contributed by atoms with Crippen LogP contribution in [0.4, 0.5) is 15.2 Å². The third-order valence-electron chi connectivity index (χ3n) is 4.32. The molecule has 5 nitrogen and oxygen atoms in total. The molecule has 1 fully saturated rings. The van der Waals surface area contributed by atoms with Crippen LogP contribution in [0.3, 0.4) is 0 Å². The summed E-state index contributed by atoms with van der Waals surface area (Å²) in [5.74, 6) is 0.155. The van der Waals surface area contributed by atoms with Gasteiger partial charge in [0.1, 0.15) is 5.82 Å². The number of piperidine rings is 1. The highest BCUT2D eigenvalue weighted by Crippen LogP contribution is 2.30. The molecule has 1 aromatic carbocycles. The SMILES string of the molecule is C[C@@H]1CCC[C@@H](C)N1C(=O)CSc1nnc(Nc2ccccc2F)s1. The predicted octanol–water partition coefficient (Wildman–Crippen LogP) is 4.30. The van der Waals surface area contributed by atoms with Crippen LogP contribution in [-0.4, -0.2) is 38.8 Å². The molecule has 1 aromatic heterocycles. The molecule has 0 aliphatic carbocycles. The van der Waals surface area contributed by atoms with Crippen molar-refractivity contribution in [1.82, 2.24) is 15.1 Å². The number of likely N-dealkylation sites (tertiary alicyclic amines) is 1. The fraction of sp³-hybridized carbons (Fsp3) is 0.471. The number of para-hydroxylation sites is 1. The second kappa shape index (κ2) is 8.14. The Morgan fingerprint density at radius 1 is 1.32 bits per heavy atom. The maximum Gasteiger partial charge on any atom is 0.233 e. The second-order valence-corrected chi connectivity index (χ2v) is 8.40. The van der Waals surface area contributed by atoms with E-state index in [4.69, 9.17) is 0 Å². The van der Waals surface area contributed by atoms with Crippen molar-refractivity contribution in [3.63, 3.8) is 0 Å². The van der Waals surface area contributed by atoms with Gasteiger partial charge in [0.05, 0.1) is 11.4 Å². The van der Waals surface area contributed by atoms with Crippen LogP contribution in [0.25, 0.3) is 0 Å². The summed E-state index contributed by atoms with van der Waals surface area (Å²) in [5.41, 5.74) is 0.363. The van der Waals surface area contributed by atoms with Crippen molar-refractivity contribution >= 4 is 39.8 Å². The van der Waals surface area contributed by atoms with Crippen molar-refractivity contribution in [3.05, 3.63) is 30.1 Å². The van der Waals surface area contributed by atoms with E-state index in [0.717, 1.165) is 12.8 Å². The minimum atomic E-state index is -0.338. The minimum absolute atomic E-state index is 0.142. The number of hydrogen-bond donors (Lipinski definition) is 1. The lowest BCUT2D eigenvalue weighted by Gasteiger charge is -2.39. The Labute approximate surface area is 155 Å². The second-order valence-electron chi connectivity index (χ2n) is 6.20. The average Bonchev–Trinajstić information content (AvgIpc) is 3.02. The van der Waals surface area contributed by atoms with Gasteiger partial charge in [0.2, 0.25) is 11.0 Å². The van der Waals surface area contributed by atoms with Crippen LogP contribution in [0, 0.1) is 5.82 Å². The van der Waals surface area contributed by atoms with Crippen LogP contribution in [0.2, 0.25) is 0 Å². The van der Waals surface area contributed by atoms with Crippen molar-refractivity contribution in [2.24, 2.45) is 0 Å². The Hall–Kier alpha value is -1.67. The molecule has 1 aliphatic rings. The van der Waals surface area contributed by atoms with Gasteiger partial charge in [0, 0.05) is 12.1 Å². The first-order valence-electron chi connectivity index (χ1n) is 8.33. The van der Waals surface area contributed by atoms with E-state index in [2.05, 4.69) is 29.4 Å². The maximum absolute atomic E-state index is 13.7. The first-order chi connectivity index (χ1) is 12.0. The van der Waals surface area contributed by atoms with Crippen LogP contribution in [0.15, 0.2) is 28.6 Å². The van der Waals surface area contributed by atoms with Crippen molar-refractivity contribution in [2.45, 2.75) is 49.5 Å². The molecule has 8 heteroatoms. The summed E-state index contributed by atoms with van der Waals surface area (Å²) in [6, 6.07) is 7.01. The molecule has 25 heavy (non-hydrogen) atoms. The van der Waals surface area contributed by atoms with E-state index >= 15 is 0 Å². The number of aromatic nitrogens is 2. The van der Waals surface area contributed by atoms with Crippen LogP contribution >= 0.6 is 23.1 Å². The summed E-state index contributed by atoms with van der Waals surface area (Å²) >= 11 is 2.70. The fourth-order valence-electron chi connectivity index (χ4n) is 3.11. The first-order valence-corrected chi connectivity index (χ1v) is 10.1. The normalized spacial score (nSPS) is 20.5. The quantitative estimate of drug-likeness (QED) is 0.784. The highest BCUT2D eigenvalue weighted by Gasteiger charge is 2.28. The average molecular weight is 381 g/mol. The van der Waals surface area contributed by atoms with Crippen LogP contribution in [-0.2, 0) is 4.79 Å². The topological polar surface area (TPSA) is 58.1 Å². The number of thioether (sulfide) groups is 1.